The van der Waals surface area contributed by atoms with E-state index in [1.54, 1.807) is 18.0 Å². The maximum absolute atomic E-state index is 4.40. The van der Waals surface area contributed by atoms with Crippen LogP contribution in [0.4, 0.5) is 0 Å². The van der Waals surface area contributed by atoms with Crippen LogP contribution in [0.3, 0.4) is 0 Å². The first-order valence-corrected chi connectivity index (χ1v) is 7.95. The summed E-state index contributed by atoms with van der Waals surface area (Å²) in [5.41, 5.74) is 1.21. The smallest absolute Gasteiger partial charge is 0.191 e. The first-order chi connectivity index (χ1) is 9.84. The second-order valence-electron chi connectivity index (χ2n) is 5.07. The summed E-state index contributed by atoms with van der Waals surface area (Å²) in [6, 6.07) is 4.05. The van der Waals surface area contributed by atoms with E-state index in [0.29, 0.717) is 5.92 Å². The number of nitrogens with one attached hydrogen (secondary N) is 1. The second kappa shape index (κ2) is 6.37. The lowest BCUT2D eigenvalue weighted by molar-refractivity contribution is 0.434. The lowest BCUT2D eigenvalue weighted by Crippen LogP contribution is -2.27. The van der Waals surface area contributed by atoms with E-state index in [1.807, 2.05) is 12.3 Å². The van der Waals surface area contributed by atoms with Gasteiger partial charge in [0, 0.05) is 31.1 Å². The molecule has 20 heavy (non-hydrogen) atoms. The van der Waals surface area contributed by atoms with E-state index in [4.69, 9.17) is 0 Å². The van der Waals surface area contributed by atoms with Gasteiger partial charge < -0.3 is 9.88 Å². The first kappa shape index (κ1) is 13.6. The Morgan fingerprint density at radius 3 is 2.95 bits per heavy atom. The van der Waals surface area contributed by atoms with Crippen molar-refractivity contribution in [1.29, 1.82) is 0 Å². The van der Waals surface area contributed by atoms with Crippen LogP contribution in [-0.4, -0.2) is 32.8 Å². The number of hydrogen-bond donors (Lipinski definition) is 1. The average Bonchev–Trinajstić information content (AvgIpc) is 2.88. The van der Waals surface area contributed by atoms with E-state index in [0.717, 1.165) is 42.7 Å². The van der Waals surface area contributed by atoms with Crippen LogP contribution in [0.25, 0.3) is 0 Å². The molecule has 1 aliphatic rings. The zero-order chi connectivity index (χ0) is 13.8. The summed E-state index contributed by atoms with van der Waals surface area (Å²) in [6.07, 6.45) is 6.00. The highest BCUT2D eigenvalue weighted by molar-refractivity contribution is 7.98. The van der Waals surface area contributed by atoms with Crippen molar-refractivity contribution in [2.24, 2.45) is 7.05 Å². The first-order valence-electron chi connectivity index (χ1n) is 6.96. The number of piperidine rings is 1. The fraction of sp³-hybridized carbons (Fsp3) is 0.500. The summed E-state index contributed by atoms with van der Waals surface area (Å²) < 4.78 is 2.15. The second-order valence-corrected chi connectivity index (χ2v) is 6.02. The van der Waals surface area contributed by atoms with E-state index < -0.39 is 0 Å². The van der Waals surface area contributed by atoms with Gasteiger partial charge in [-0.2, -0.15) is 0 Å². The quantitative estimate of drug-likeness (QED) is 0.872. The van der Waals surface area contributed by atoms with Crippen molar-refractivity contribution in [3.8, 4) is 0 Å². The number of hydrogen-bond acceptors (Lipinski definition) is 5. The Morgan fingerprint density at radius 2 is 2.20 bits per heavy atom. The molecule has 6 heteroatoms. The van der Waals surface area contributed by atoms with Crippen molar-refractivity contribution in [3.05, 3.63) is 35.9 Å². The highest BCUT2D eigenvalue weighted by atomic mass is 32.2. The summed E-state index contributed by atoms with van der Waals surface area (Å²) in [4.78, 5) is 4.13. The minimum Gasteiger partial charge on any atom is -0.317 e. The van der Waals surface area contributed by atoms with Crippen molar-refractivity contribution < 1.29 is 0 Å². The zero-order valence-electron chi connectivity index (χ0n) is 11.6. The van der Waals surface area contributed by atoms with E-state index in [2.05, 4.69) is 38.2 Å². The summed E-state index contributed by atoms with van der Waals surface area (Å²) in [6.45, 7) is 2.16. The normalized spacial score (nSPS) is 16.4. The molecule has 0 amide bonds. The van der Waals surface area contributed by atoms with Gasteiger partial charge in [0.2, 0.25) is 0 Å². The van der Waals surface area contributed by atoms with E-state index in [-0.39, 0.29) is 0 Å². The van der Waals surface area contributed by atoms with Gasteiger partial charge in [-0.25, -0.2) is 0 Å². The lowest BCUT2D eigenvalue weighted by Gasteiger charge is -2.21. The Bertz CT molecular complexity index is 548. The highest BCUT2D eigenvalue weighted by Crippen LogP contribution is 2.27. The van der Waals surface area contributed by atoms with Gasteiger partial charge in [0.15, 0.2) is 5.16 Å². The molecule has 2 aromatic heterocycles. The fourth-order valence-corrected chi connectivity index (χ4v) is 3.37. The molecule has 0 spiro atoms. The molecule has 3 heterocycles. The fourth-order valence-electron chi connectivity index (χ4n) is 2.52. The van der Waals surface area contributed by atoms with Gasteiger partial charge >= 0.3 is 0 Å². The van der Waals surface area contributed by atoms with E-state index >= 15 is 0 Å². The molecule has 1 aliphatic heterocycles. The van der Waals surface area contributed by atoms with Gasteiger partial charge in [-0.05, 0) is 37.6 Å². The maximum Gasteiger partial charge on any atom is 0.191 e. The van der Waals surface area contributed by atoms with Gasteiger partial charge in [-0.15, -0.1) is 10.2 Å². The lowest BCUT2D eigenvalue weighted by atomic mass is 9.97. The number of rotatable bonds is 4. The van der Waals surface area contributed by atoms with E-state index in [1.165, 1.54) is 5.56 Å². The summed E-state index contributed by atoms with van der Waals surface area (Å²) in [7, 11) is 2.07. The molecule has 0 atom stereocenters. The largest absolute Gasteiger partial charge is 0.317 e. The third kappa shape index (κ3) is 3.02. The summed E-state index contributed by atoms with van der Waals surface area (Å²) in [5, 5.41) is 13.1. The van der Waals surface area contributed by atoms with Gasteiger partial charge in [0.25, 0.3) is 0 Å². The third-order valence-electron chi connectivity index (χ3n) is 3.66. The zero-order valence-corrected chi connectivity index (χ0v) is 12.4. The maximum atomic E-state index is 4.40. The molecule has 1 fully saturated rings. The molecule has 0 unspecified atom stereocenters. The van der Waals surface area contributed by atoms with Crippen molar-refractivity contribution in [1.82, 2.24) is 25.1 Å². The molecule has 0 aromatic carbocycles. The van der Waals surface area contributed by atoms with Crippen LogP contribution < -0.4 is 5.32 Å². The molecular formula is C14H19N5S. The van der Waals surface area contributed by atoms with Crippen LogP contribution in [0.2, 0.25) is 0 Å². The van der Waals surface area contributed by atoms with Crippen LogP contribution in [0.5, 0.6) is 0 Å². The monoisotopic (exact) mass is 289 g/mol. The molecule has 2 aromatic rings. The Kier molecular flexibility index (Phi) is 4.32. The van der Waals surface area contributed by atoms with Crippen molar-refractivity contribution >= 4 is 11.8 Å². The molecule has 0 radical (unpaired) electrons. The molecule has 0 aliphatic carbocycles. The minimum atomic E-state index is 0.543. The number of thioether (sulfide) groups is 1. The summed E-state index contributed by atoms with van der Waals surface area (Å²) in [5.74, 6) is 2.55. The Morgan fingerprint density at radius 1 is 1.35 bits per heavy atom. The SMILES string of the molecule is Cn1c(SCc2cccnc2)nnc1C1CCNCC1. The van der Waals surface area contributed by atoms with Crippen LogP contribution in [0, 0.1) is 0 Å². The molecular weight excluding hydrogens is 270 g/mol. The van der Waals surface area contributed by atoms with Crippen molar-refractivity contribution in [2.75, 3.05) is 13.1 Å². The van der Waals surface area contributed by atoms with Crippen LogP contribution >= 0.6 is 11.8 Å². The molecule has 0 saturated carbocycles. The minimum absolute atomic E-state index is 0.543. The van der Waals surface area contributed by atoms with Gasteiger partial charge in [0.1, 0.15) is 5.82 Å². The Labute approximate surface area is 123 Å². The molecule has 1 N–H and O–H groups in total. The van der Waals surface area contributed by atoms with Crippen molar-refractivity contribution in [3.63, 3.8) is 0 Å². The molecule has 0 bridgehead atoms. The predicted molar refractivity (Wildman–Crippen MR) is 79.6 cm³/mol. The van der Waals surface area contributed by atoms with Gasteiger partial charge in [0.05, 0.1) is 0 Å². The Hall–Kier alpha value is -1.40. The predicted octanol–water partition coefficient (Wildman–Crippen LogP) is 1.97. The van der Waals surface area contributed by atoms with Crippen LogP contribution in [-0.2, 0) is 12.8 Å². The topological polar surface area (TPSA) is 55.6 Å². The molecule has 106 valence electrons. The third-order valence-corrected chi connectivity index (χ3v) is 4.75. The molecule has 1 saturated heterocycles. The number of pyridine rings is 1. The van der Waals surface area contributed by atoms with Gasteiger partial charge in [-0.1, -0.05) is 17.8 Å². The number of aromatic nitrogens is 4. The van der Waals surface area contributed by atoms with Crippen LogP contribution in [0.15, 0.2) is 29.7 Å². The average molecular weight is 289 g/mol. The Balaban J connectivity index is 1.67. The standard InChI is InChI=1S/C14H19N5S/c1-19-13(12-4-7-15-8-5-12)17-18-14(19)20-10-11-3-2-6-16-9-11/h2-3,6,9,12,15H,4-5,7-8,10H2,1H3. The van der Waals surface area contributed by atoms with E-state index in [9.17, 15) is 0 Å². The van der Waals surface area contributed by atoms with Crippen LogP contribution in [0.1, 0.15) is 30.1 Å². The molecule has 3 rings (SSSR count). The summed E-state index contributed by atoms with van der Waals surface area (Å²) >= 11 is 1.72. The number of nitrogens with zero attached hydrogens (tertiary/aromatic N) is 4. The molecule has 5 nitrogen and oxygen atoms in total. The highest BCUT2D eigenvalue weighted by Gasteiger charge is 2.21. The van der Waals surface area contributed by atoms with Crippen molar-refractivity contribution in [2.45, 2.75) is 29.7 Å². The van der Waals surface area contributed by atoms with Gasteiger partial charge in [-0.3, -0.25) is 4.98 Å².